The standard InChI is InChI=1S/C13H22N2/c1-4-14-11-7-9-12-8-5-6-10-13(12)15(2)3/h5-6,8,10,14H,4,7,9,11H2,1-3H3. The summed E-state index contributed by atoms with van der Waals surface area (Å²) in [6, 6.07) is 8.63. The molecule has 0 heterocycles. The van der Waals surface area contributed by atoms with E-state index in [1.165, 1.54) is 17.7 Å². The second-order valence-electron chi connectivity index (χ2n) is 3.98. The van der Waals surface area contributed by atoms with Gasteiger partial charge >= 0.3 is 0 Å². The quantitative estimate of drug-likeness (QED) is 0.718. The molecular formula is C13H22N2. The van der Waals surface area contributed by atoms with Crippen LogP contribution in [0.1, 0.15) is 18.9 Å². The summed E-state index contributed by atoms with van der Waals surface area (Å²) < 4.78 is 0. The summed E-state index contributed by atoms with van der Waals surface area (Å²) in [7, 11) is 4.20. The first-order chi connectivity index (χ1) is 7.25. The van der Waals surface area contributed by atoms with Crippen LogP contribution in [0, 0.1) is 0 Å². The van der Waals surface area contributed by atoms with E-state index in [4.69, 9.17) is 0 Å². The van der Waals surface area contributed by atoms with Crippen molar-refractivity contribution in [2.45, 2.75) is 19.8 Å². The molecule has 0 bridgehead atoms. The first-order valence-corrected chi connectivity index (χ1v) is 5.71. The minimum absolute atomic E-state index is 1.06. The second-order valence-corrected chi connectivity index (χ2v) is 3.98. The van der Waals surface area contributed by atoms with Gasteiger partial charge in [-0.3, -0.25) is 0 Å². The predicted octanol–water partition coefficient (Wildman–Crippen LogP) is 2.29. The number of hydrogen-bond donors (Lipinski definition) is 1. The highest BCUT2D eigenvalue weighted by Gasteiger charge is 2.02. The topological polar surface area (TPSA) is 15.3 Å². The molecule has 2 nitrogen and oxygen atoms in total. The van der Waals surface area contributed by atoms with Gasteiger partial charge in [-0.05, 0) is 37.6 Å². The van der Waals surface area contributed by atoms with E-state index in [1.807, 2.05) is 0 Å². The smallest absolute Gasteiger partial charge is 0.0393 e. The summed E-state index contributed by atoms with van der Waals surface area (Å²) in [4.78, 5) is 2.18. The number of aryl methyl sites for hydroxylation is 1. The van der Waals surface area contributed by atoms with Gasteiger partial charge in [0.2, 0.25) is 0 Å². The van der Waals surface area contributed by atoms with Crippen molar-refractivity contribution in [1.29, 1.82) is 0 Å². The highest BCUT2D eigenvalue weighted by Crippen LogP contribution is 2.18. The van der Waals surface area contributed by atoms with Gasteiger partial charge < -0.3 is 10.2 Å². The van der Waals surface area contributed by atoms with Gasteiger partial charge in [-0.1, -0.05) is 25.1 Å². The molecule has 0 unspecified atom stereocenters. The number of para-hydroxylation sites is 1. The summed E-state index contributed by atoms with van der Waals surface area (Å²) in [6.07, 6.45) is 2.36. The molecule has 0 aliphatic rings. The van der Waals surface area contributed by atoms with E-state index in [0.29, 0.717) is 0 Å². The van der Waals surface area contributed by atoms with Crippen LogP contribution in [0.15, 0.2) is 24.3 Å². The Morgan fingerprint density at radius 2 is 1.93 bits per heavy atom. The van der Waals surface area contributed by atoms with Gasteiger partial charge in [-0.25, -0.2) is 0 Å². The Balaban J connectivity index is 2.52. The Kier molecular flexibility index (Phi) is 5.19. The summed E-state index contributed by atoms with van der Waals surface area (Å²) in [5.74, 6) is 0. The van der Waals surface area contributed by atoms with Gasteiger partial charge in [0.05, 0.1) is 0 Å². The third-order valence-corrected chi connectivity index (χ3v) is 2.52. The molecule has 1 aromatic rings. The van der Waals surface area contributed by atoms with Crippen molar-refractivity contribution in [3.8, 4) is 0 Å². The van der Waals surface area contributed by atoms with Gasteiger partial charge in [-0.2, -0.15) is 0 Å². The second kappa shape index (κ2) is 6.46. The molecule has 0 saturated heterocycles. The fourth-order valence-electron chi connectivity index (χ4n) is 1.74. The van der Waals surface area contributed by atoms with Crippen LogP contribution in [0.4, 0.5) is 5.69 Å². The molecule has 15 heavy (non-hydrogen) atoms. The Labute approximate surface area is 93.3 Å². The van der Waals surface area contributed by atoms with E-state index in [1.54, 1.807) is 0 Å². The fraction of sp³-hybridized carbons (Fsp3) is 0.538. The van der Waals surface area contributed by atoms with Crippen molar-refractivity contribution in [1.82, 2.24) is 5.32 Å². The first kappa shape index (κ1) is 12.1. The Morgan fingerprint density at radius 3 is 2.60 bits per heavy atom. The minimum atomic E-state index is 1.06. The zero-order valence-corrected chi connectivity index (χ0v) is 10.1. The molecule has 0 aliphatic heterocycles. The molecule has 0 fully saturated rings. The Bertz CT molecular complexity index is 282. The lowest BCUT2D eigenvalue weighted by Crippen LogP contribution is -2.15. The SMILES string of the molecule is CCNCCCc1ccccc1N(C)C. The fourth-order valence-corrected chi connectivity index (χ4v) is 1.74. The number of anilines is 1. The summed E-state index contributed by atoms with van der Waals surface area (Å²) >= 11 is 0. The largest absolute Gasteiger partial charge is 0.377 e. The van der Waals surface area contributed by atoms with Gasteiger partial charge in [0.15, 0.2) is 0 Å². The van der Waals surface area contributed by atoms with Crippen LogP contribution in [-0.4, -0.2) is 27.2 Å². The maximum absolute atomic E-state index is 3.35. The molecule has 0 saturated carbocycles. The lowest BCUT2D eigenvalue weighted by atomic mass is 10.1. The van der Waals surface area contributed by atoms with Crippen LogP contribution in [0.5, 0.6) is 0 Å². The minimum Gasteiger partial charge on any atom is -0.377 e. The van der Waals surface area contributed by atoms with E-state index >= 15 is 0 Å². The number of nitrogens with zero attached hydrogens (tertiary/aromatic N) is 1. The highest BCUT2D eigenvalue weighted by molar-refractivity contribution is 5.52. The monoisotopic (exact) mass is 206 g/mol. The number of benzene rings is 1. The Morgan fingerprint density at radius 1 is 1.20 bits per heavy atom. The van der Waals surface area contributed by atoms with Crippen LogP contribution >= 0.6 is 0 Å². The molecule has 1 aromatic carbocycles. The maximum atomic E-state index is 3.35. The average molecular weight is 206 g/mol. The number of nitrogens with one attached hydrogen (secondary N) is 1. The molecule has 0 spiro atoms. The molecule has 0 radical (unpaired) electrons. The molecular weight excluding hydrogens is 184 g/mol. The maximum Gasteiger partial charge on any atom is 0.0393 e. The molecule has 1 N–H and O–H groups in total. The molecule has 0 atom stereocenters. The first-order valence-electron chi connectivity index (χ1n) is 5.71. The van der Waals surface area contributed by atoms with Crippen LogP contribution < -0.4 is 10.2 Å². The van der Waals surface area contributed by atoms with Crippen molar-refractivity contribution in [2.24, 2.45) is 0 Å². The van der Waals surface area contributed by atoms with Crippen LogP contribution in [0.3, 0.4) is 0 Å². The van der Waals surface area contributed by atoms with Crippen molar-refractivity contribution in [3.63, 3.8) is 0 Å². The van der Waals surface area contributed by atoms with Gasteiger partial charge in [0, 0.05) is 19.8 Å². The van der Waals surface area contributed by atoms with Crippen LogP contribution in [0.2, 0.25) is 0 Å². The zero-order valence-electron chi connectivity index (χ0n) is 10.1. The van der Waals surface area contributed by atoms with E-state index in [9.17, 15) is 0 Å². The summed E-state index contributed by atoms with van der Waals surface area (Å²) in [5, 5.41) is 3.35. The van der Waals surface area contributed by atoms with Gasteiger partial charge in [-0.15, -0.1) is 0 Å². The summed E-state index contributed by atoms with van der Waals surface area (Å²) in [6.45, 7) is 4.32. The third-order valence-electron chi connectivity index (χ3n) is 2.52. The average Bonchev–Trinajstić information content (AvgIpc) is 2.25. The lowest BCUT2D eigenvalue weighted by Gasteiger charge is -2.17. The predicted molar refractivity (Wildman–Crippen MR) is 67.6 cm³/mol. The zero-order chi connectivity index (χ0) is 11.1. The molecule has 0 amide bonds. The third kappa shape index (κ3) is 3.92. The van der Waals surface area contributed by atoms with Gasteiger partial charge in [0.25, 0.3) is 0 Å². The molecule has 0 aromatic heterocycles. The van der Waals surface area contributed by atoms with Crippen molar-refractivity contribution in [2.75, 3.05) is 32.1 Å². The normalized spacial score (nSPS) is 10.3. The highest BCUT2D eigenvalue weighted by atomic mass is 15.1. The number of rotatable bonds is 6. The van der Waals surface area contributed by atoms with Crippen molar-refractivity contribution in [3.05, 3.63) is 29.8 Å². The van der Waals surface area contributed by atoms with Gasteiger partial charge in [0.1, 0.15) is 0 Å². The van der Waals surface area contributed by atoms with E-state index in [-0.39, 0.29) is 0 Å². The van der Waals surface area contributed by atoms with Crippen LogP contribution in [0.25, 0.3) is 0 Å². The van der Waals surface area contributed by atoms with Crippen molar-refractivity contribution < 1.29 is 0 Å². The molecule has 0 aliphatic carbocycles. The van der Waals surface area contributed by atoms with E-state index in [2.05, 4.69) is 55.5 Å². The summed E-state index contributed by atoms with van der Waals surface area (Å²) in [5.41, 5.74) is 2.79. The molecule has 1 rings (SSSR count). The Hall–Kier alpha value is -1.02. The van der Waals surface area contributed by atoms with E-state index < -0.39 is 0 Å². The lowest BCUT2D eigenvalue weighted by molar-refractivity contribution is 0.672. The number of hydrogen-bond acceptors (Lipinski definition) is 2. The van der Waals surface area contributed by atoms with Crippen molar-refractivity contribution >= 4 is 5.69 Å². The molecule has 2 heteroatoms. The van der Waals surface area contributed by atoms with Crippen LogP contribution in [-0.2, 0) is 6.42 Å². The van der Waals surface area contributed by atoms with E-state index in [0.717, 1.165) is 19.5 Å². The molecule has 84 valence electrons.